The molecule has 0 aliphatic carbocycles. The molecule has 14 heavy (non-hydrogen) atoms. The molecule has 1 aromatic rings. The van der Waals surface area contributed by atoms with Gasteiger partial charge >= 0.3 is 5.97 Å². The van der Waals surface area contributed by atoms with Crippen molar-refractivity contribution in [1.82, 2.24) is 4.37 Å². The highest BCUT2D eigenvalue weighted by Crippen LogP contribution is 2.23. The summed E-state index contributed by atoms with van der Waals surface area (Å²) < 4.78 is 9.15. The zero-order valence-electron chi connectivity index (χ0n) is 8.75. The van der Waals surface area contributed by atoms with E-state index in [2.05, 4.69) is 4.37 Å². The molecule has 0 saturated carbocycles. The van der Waals surface area contributed by atoms with E-state index in [1.165, 1.54) is 0 Å². The van der Waals surface area contributed by atoms with Crippen LogP contribution in [0.15, 0.2) is 0 Å². The Morgan fingerprint density at radius 3 is 2.43 bits per heavy atom. The van der Waals surface area contributed by atoms with Gasteiger partial charge in [-0.2, -0.15) is 4.37 Å². The zero-order valence-corrected chi connectivity index (χ0v) is 9.57. The molecule has 0 saturated heterocycles. The molecule has 0 radical (unpaired) electrons. The number of esters is 1. The van der Waals surface area contributed by atoms with Gasteiger partial charge < -0.3 is 10.5 Å². The summed E-state index contributed by atoms with van der Waals surface area (Å²) in [6.07, 6.45) is 0. The van der Waals surface area contributed by atoms with E-state index >= 15 is 0 Å². The SMILES string of the molecule is Cc1nsc(C(=O)OC(C)(C)C)c1N. The minimum atomic E-state index is -0.499. The summed E-state index contributed by atoms with van der Waals surface area (Å²) in [4.78, 5) is 11.9. The summed E-state index contributed by atoms with van der Waals surface area (Å²) in [6.45, 7) is 7.21. The Labute approximate surface area is 87.2 Å². The fourth-order valence-electron chi connectivity index (χ4n) is 0.848. The Kier molecular flexibility index (Phi) is 2.80. The minimum Gasteiger partial charge on any atom is -0.456 e. The molecule has 0 unspecified atom stereocenters. The lowest BCUT2D eigenvalue weighted by Crippen LogP contribution is -2.23. The highest BCUT2D eigenvalue weighted by molar-refractivity contribution is 7.08. The first-order valence-electron chi connectivity index (χ1n) is 4.26. The lowest BCUT2D eigenvalue weighted by Gasteiger charge is -2.18. The molecule has 0 aromatic carbocycles. The van der Waals surface area contributed by atoms with Crippen LogP contribution in [0.4, 0.5) is 5.69 Å². The average molecular weight is 214 g/mol. The van der Waals surface area contributed by atoms with Crippen LogP contribution in [0.2, 0.25) is 0 Å². The summed E-state index contributed by atoms with van der Waals surface area (Å²) in [6, 6.07) is 0. The summed E-state index contributed by atoms with van der Waals surface area (Å²) in [5.74, 6) is -0.402. The third-order valence-corrected chi connectivity index (χ3v) is 2.43. The molecule has 0 fully saturated rings. The number of ether oxygens (including phenoxy) is 1. The van der Waals surface area contributed by atoms with Gasteiger partial charge in [-0.1, -0.05) is 0 Å². The van der Waals surface area contributed by atoms with Gasteiger partial charge in [0.1, 0.15) is 5.60 Å². The molecule has 0 amide bonds. The monoisotopic (exact) mass is 214 g/mol. The van der Waals surface area contributed by atoms with Crippen LogP contribution in [0.25, 0.3) is 0 Å². The largest absolute Gasteiger partial charge is 0.456 e. The molecular formula is C9H14N2O2S. The van der Waals surface area contributed by atoms with E-state index in [0.717, 1.165) is 11.5 Å². The minimum absolute atomic E-state index is 0.387. The lowest BCUT2D eigenvalue weighted by atomic mass is 10.2. The molecule has 1 rings (SSSR count). The Bertz CT molecular complexity index is 352. The molecule has 0 atom stereocenters. The molecule has 0 spiro atoms. The Hall–Kier alpha value is -1.10. The van der Waals surface area contributed by atoms with Crippen LogP contribution in [-0.4, -0.2) is 15.9 Å². The molecule has 1 aromatic heterocycles. The number of nitrogens with zero attached hydrogens (tertiary/aromatic N) is 1. The van der Waals surface area contributed by atoms with E-state index in [4.69, 9.17) is 10.5 Å². The van der Waals surface area contributed by atoms with Crippen LogP contribution < -0.4 is 5.73 Å². The lowest BCUT2D eigenvalue weighted by molar-refractivity contribution is 0.00763. The van der Waals surface area contributed by atoms with E-state index in [1.807, 2.05) is 20.8 Å². The molecule has 5 heteroatoms. The fraction of sp³-hybridized carbons (Fsp3) is 0.556. The van der Waals surface area contributed by atoms with Crippen molar-refractivity contribution in [2.75, 3.05) is 5.73 Å². The van der Waals surface area contributed by atoms with E-state index < -0.39 is 11.6 Å². The predicted molar refractivity (Wildman–Crippen MR) is 56.4 cm³/mol. The van der Waals surface area contributed by atoms with E-state index in [9.17, 15) is 4.79 Å². The molecule has 4 nitrogen and oxygen atoms in total. The number of hydrogen-bond acceptors (Lipinski definition) is 5. The summed E-state index contributed by atoms with van der Waals surface area (Å²) in [5, 5.41) is 0. The van der Waals surface area contributed by atoms with E-state index in [0.29, 0.717) is 16.3 Å². The second kappa shape index (κ2) is 3.57. The summed E-state index contributed by atoms with van der Waals surface area (Å²) in [5.41, 5.74) is 6.27. The molecule has 1 heterocycles. The molecule has 78 valence electrons. The Balaban J connectivity index is 2.86. The third kappa shape index (κ3) is 2.45. The summed E-state index contributed by atoms with van der Waals surface area (Å²) in [7, 11) is 0. The van der Waals surface area contributed by atoms with Crippen molar-refractivity contribution in [3.63, 3.8) is 0 Å². The van der Waals surface area contributed by atoms with Crippen molar-refractivity contribution in [2.24, 2.45) is 0 Å². The Morgan fingerprint density at radius 2 is 2.07 bits per heavy atom. The van der Waals surface area contributed by atoms with E-state index in [-0.39, 0.29) is 0 Å². The van der Waals surface area contributed by atoms with Gasteiger partial charge in [-0.25, -0.2) is 4.79 Å². The maximum atomic E-state index is 11.6. The van der Waals surface area contributed by atoms with Gasteiger partial charge in [0.2, 0.25) is 0 Å². The van der Waals surface area contributed by atoms with Crippen LogP contribution in [-0.2, 0) is 4.74 Å². The molecule has 2 N–H and O–H groups in total. The highest BCUT2D eigenvalue weighted by Gasteiger charge is 2.22. The van der Waals surface area contributed by atoms with Crippen molar-refractivity contribution in [2.45, 2.75) is 33.3 Å². The first-order valence-corrected chi connectivity index (χ1v) is 5.03. The highest BCUT2D eigenvalue weighted by atomic mass is 32.1. The second-order valence-corrected chi connectivity index (χ2v) is 4.79. The van der Waals surface area contributed by atoms with Crippen molar-refractivity contribution < 1.29 is 9.53 Å². The van der Waals surface area contributed by atoms with Gasteiger partial charge in [0.05, 0.1) is 11.4 Å². The predicted octanol–water partition coefficient (Wildman–Crippen LogP) is 1.99. The first kappa shape index (κ1) is 11.0. The number of carbonyl (C=O) groups is 1. The number of rotatable bonds is 1. The first-order chi connectivity index (χ1) is 6.31. The molecule has 0 bridgehead atoms. The van der Waals surface area contributed by atoms with Gasteiger partial charge in [-0.15, -0.1) is 0 Å². The zero-order chi connectivity index (χ0) is 10.9. The molecular weight excluding hydrogens is 200 g/mol. The Morgan fingerprint density at radius 1 is 1.50 bits per heavy atom. The molecule has 0 aliphatic rings. The third-order valence-electron chi connectivity index (χ3n) is 1.49. The number of hydrogen-bond donors (Lipinski definition) is 1. The number of nitrogens with two attached hydrogens (primary N) is 1. The van der Waals surface area contributed by atoms with Gasteiger partial charge in [-0.3, -0.25) is 0 Å². The number of carbonyl (C=O) groups excluding carboxylic acids is 1. The maximum absolute atomic E-state index is 11.6. The number of aromatic nitrogens is 1. The molecule has 0 aliphatic heterocycles. The smallest absolute Gasteiger partial charge is 0.352 e. The van der Waals surface area contributed by atoms with Gasteiger partial charge in [0.25, 0.3) is 0 Å². The van der Waals surface area contributed by atoms with Crippen LogP contribution in [0.3, 0.4) is 0 Å². The standard InChI is InChI=1S/C9H14N2O2S/c1-5-6(10)7(14-11-5)8(12)13-9(2,3)4/h10H2,1-4H3. The van der Waals surface area contributed by atoms with Gasteiger partial charge in [0, 0.05) is 0 Å². The van der Waals surface area contributed by atoms with Crippen LogP contribution in [0.5, 0.6) is 0 Å². The van der Waals surface area contributed by atoms with Gasteiger partial charge in [-0.05, 0) is 39.2 Å². The number of nitrogen functional groups attached to an aromatic ring is 1. The average Bonchev–Trinajstić information content (AvgIpc) is 2.29. The van der Waals surface area contributed by atoms with Crippen LogP contribution in [0.1, 0.15) is 36.1 Å². The van der Waals surface area contributed by atoms with E-state index in [1.54, 1.807) is 6.92 Å². The quantitative estimate of drug-likeness (QED) is 0.726. The second-order valence-electron chi connectivity index (χ2n) is 4.01. The van der Waals surface area contributed by atoms with Crippen LogP contribution in [0, 0.1) is 6.92 Å². The van der Waals surface area contributed by atoms with Crippen molar-refractivity contribution in [3.8, 4) is 0 Å². The number of aryl methyl sites for hydroxylation is 1. The topological polar surface area (TPSA) is 65.2 Å². The normalized spacial score (nSPS) is 11.4. The van der Waals surface area contributed by atoms with Gasteiger partial charge in [0.15, 0.2) is 4.88 Å². The fourth-order valence-corrected chi connectivity index (χ4v) is 1.54. The maximum Gasteiger partial charge on any atom is 0.352 e. The van der Waals surface area contributed by atoms with Crippen molar-refractivity contribution >= 4 is 23.2 Å². The van der Waals surface area contributed by atoms with Crippen molar-refractivity contribution in [1.29, 1.82) is 0 Å². The summed E-state index contributed by atoms with van der Waals surface area (Å²) >= 11 is 1.08. The van der Waals surface area contributed by atoms with Crippen molar-refractivity contribution in [3.05, 3.63) is 10.6 Å². The number of anilines is 1. The van der Waals surface area contributed by atoms with Crippen LogP contribution >= 0.6 is 11.5 Å².